The van der Waals surface area contributed by atoms with Gasteiger partial charge >= 0.3 is 115 Å². The summed E-state index contributed by atoms with van der Waals surface area (Å²) in [5.74, 6) is -1.40. The Balaban J connectivity index is -0.0000000499. The molecule has 0 aromatic carbocycles. The molecule has 12 nitrogen and oxygen atoms in total. The molecular weight excluding hydrogens is 472 g/mol. The molecule has 2 atom stereocenters. The van der Waals surface area contributed by atoms with Crippen molar-refractivity contribution in [3.63, 3.8) is 0 Å². The van der Waals surface area contributed by atoms with Crippen molar-refractivity contribution in [3.8, 4) is 0 Å². The zero-order chi connectivity index (χ0) is 19.5. The van der Waals surface area contributed by atoms with Crippen molar-refractivity contribution in [2.45, 2.75) is 25.0 Å². The molecule has 0 aromatic rings. The Morgan fingerprint density at radius 3 is 1.64 bits per heavy atom. The fourth-order valence-electron chi connectivity index (χ4n) is 1.00. The predicted octanol–water partition coefficient (Wildman–Crippen LogP) is -9.86. The van der Waals surface area contributed by atoms with Gasteiger partial charge in [-0.3, -0.25) is 0 Å². The number of amides is 2. The smallest absolute Gasteiger partial charge is 0.548 e. The quantitative estimate of drug-likeness (QED) is 0.217. The van der Waals surface area contributed by atoms with E-state index in [0.717, 1.165) is 0 Å². The van der Waals surface area contributed by atoms with Crippen LogP contribution in [0.1, 0.15) is 12.8 Å². The van der Waals surface area contributed by atoms with Crippen molar-refractivity contribution in [3.05, 3.63) is 0 Å². The molecule has 0 spiro atoms. The molecule has 0 aliphatic rings. The van der Waals surface area contributed by atoms with Crippen LogP contribution in [0.15, 0.2) is 0 Å². The molecule has 0 saturated heterocycles. The van der Waals surface area contributed by atoms with E-state index in [4.69, 9.17) is 20.4 Å². The Bertz CT molecular complexity index is 418. The van der Waals surface area contributed by atoms with Gasteiger partial charge < -0.3 is 47.6 Å². The van der Waals surface area contributed by atoms with E-state index < -0.39 is 30.1 Å². The number of carboxylic acid groups (broad SMARTS) is 2. The topological polar surface area (TPSA) is 256 Å². The van der Waals surface area contributed by atoms with Crippen molar-refractivity contribution in [2.75, 3.05) is 24.0 Å². The molecule has 0 bridgehead atoms. The van der Waals surface area contributed by atoms with Gasteiger partial charge in [-0.1, -0.05) is 0 Å². The third-order valence-corrected chi connectivity index (χ3v) is 3.37. The molecule has 0 aliphatic carbocycles. The molecular formula is C12H25K2N3O9S2. The molecule has 0 saturated carbocycles. The number of aliphatic hydroxyl groups is 1. The van der Waals surface area contributed by atoms with Crippen molar-refractivity contribution in [2.24, 2.45) is 5.73 Å². The number of hydrogen-bond acceptors (Lipinski definition) is 11. The van der Waals surface area contributed by atoms with E-state index in [0.29, 0.717) is 17.9 Å². The summed E-state index contributed by atoms with van der Waals surface area (Å²) >= 11 is 2.99. The van der Waals surface area contributed by atoms with E-state index >= 15 is 0 Å². The van der Waals surface area contributed by atoms with Crippen LogP contribution in [-0.2, 0) is 19.2 Å². The van der Waals surface area contributed by atoms with E-state index in [1.807, 2.05) is 12.5 Å². The summed E-state index contributed by atoms with van der Waals surface area (Å²) in [6.45, 7) is 0. The van der Waals surface area contributed by atoms with Crippen molar-refractivity contribution in [1.29, 1.82) is 0 Å². The maximum atomic E-state index is 10.4. The van der Waals surface area contributed by atoms with Gasteiger partial charge in [0.25, 0.3) is 0 Å². The van der Waals surface area contributed by atoms with E-state index in [-0.39, 0.29) is 127 Å². The number of carboxylic acids is 2. The fourth-order valence-corrected chi connectivity index (χ4v) is 1.93. The number of hydrogen-bond donors (Lipinski definition) is 4. The molecule has 0 aromatic heterocycles. The first kappa shape index (κ1) is 47.3. The molecule has 2 unspecified atom stereocenters. The third-order valence-electron chi connectivity index (χ3n) is 2.08. The SMILES string of the molecule is CSCCC(NC(N)=O)C(=O)[O-].CSCCC(O)C(=O)[O-].N.O.O=C=O.[K+].[K+]. The molecule has 2 amide bonds. The van der Waals surface area contributed by atoms with Crippen molar-refractivity contribution < 1.29 is 148 Å². The molecule has 0 aliphatic heterocycles. The van der Waals surface area contributed by atoms with Gasteiger partial charge in [-0.25, -0.2) is 4.79 Å². The van der Waals surface area contributed by atoms with E-state index in [2.05, 4.69) is 5.32 Å². The Kier molecular flexibility index (Phi) is 60.6. The largest absolute Gasteiger partial charge is 1.00 e. The van der Waals surface area contributed by atoms with Crippen molar-refractivity contribution >= 4 is 47.6 Å². The molecule has 0 radical (unpaired) electrons. The maximum Gasteiger partial charge on any atom is 1.00 e. The van der Waals surface area contributed by atoms with Gasteiger partial charge in [-0.05, 0) is 36.9 Å². The first-order valence-electron chi connectivity index (χ1n) is 6.30. The second-order valence-corrected chi connectivity index (χ2v) is 5.83. The zero-order valence-electron chi connectivity index (χ0n) is 16.4. The van der Waals surface area contributed by atoms with Gasteiger partial charge in [0.1, 0.15) is 0 Å². The minimum absolute atomic E-state index is 0. The summed E-state index contributed by atoms with van der Waals surface area (Å²) in [6.07, 6.45) is 3.24. The van der Waals surface area contributed by atoms with Gasteiger partial charge in [0, 0.05) is 0 Å². The Hall–Kier alpha value is 1.44. The number of aliphatic carboxylic acids is 2. The predicted molar refractivity (Wildman–Crippen MR) is 92.2 cm³/mol. The van der Waals surface area contributed by atoms with Crippen LogP contribution in [0.2, 0.25) is 0 Å². The number of thioether (sulfide) groups is 2. The van der Waals surface area contributed by atoms with E-state index in [1.54, 1.807) is 0 Å². The van der Waals surface area contributed by atoms with Crippen LogP contribution < -0.4 is 130 Å². The summed E-state index contributed by atoms with van der Waals surface area (Å²) in [5.41, 5.74) is 4.75. The summed E-state index contributed by atoms with van der Waals surface area (Å²) in [5, 5.41) is 30.8. The van der Waals surface area contributed by atoms with Gasteiger partial charge in [0.05, 0.1) is 24.1 Å². The fraction of sp³-hybridized carbons (Fsp3) is 0.667. The molecule has 0 heterocycles. The number of urea groups is 1. The van der Waals surface area contributed by atoms with E-state index in [1.165, 1.54) is 23.5 Å². The number of carbonyl (C=O) groups is 3. The first-order chi connectivity index (χ1) is 11.2. The van der Waals surface area contributed by atoms with Gasteiger partial charge in [-0.2, -0.15) is 33.1 Å². The molecule has 16 heteroatoms. The average molecular weight is 498 g/mol. The van der Waals surface area contributed by atoms with Crippen molar-refractivity contribution in [1.82, 2.24) is 11.5 Å². The second-order valence-electron chi connectivity index (χ2n) is 3.86. The van der Waals surface area contributed by atoms with Crippen LogP contribution in [0.5, 0.6) is 0 Å². The van der Waals surface area contributed by atoms with Gasteiger partial charge in [0.2, 0.25) is 0 Å². The zero-order valence-corrected chi connectivity index (χ0v) is 24.3. The molecule has 28 heavy (non-hydrogen) atoms. The Morgan fingerprint density at radius 1 is 1.04 bits per heavy atom. The third kappa shape index (κ3) is 41.7. The van der Waals surface area contributed by atoms with Crippen LogP contribution in [-0.4, -0.2) is 70.9 Å². The van der Waals surface area contributed by atoms with Crippen LogP contribution in [0.3, 0.4) is 0 Å². The second kappa shape index (κ2) is 35.9. The molecule has 0 fully saturated rings. The average Bonchev–Trinajstić information content (AvgIpc) is 2.49. The van der Waals surface area contributed by atoms with Gasteiger partial charge in [0.15, 0.2) is 0 Å². The first-order valence-corrected chi connectivity index (χ1v) is 9.09. The maximum absolute atomic E-state index is 10.4. The number of primary amides is 1. The number of aliphatic hydroxyl groups excluding tert-OH is 1. The summed E-state index contributed by atoms with van der Waals surface area (Å²) in [6, 6.07) is -1.82. The number of rotatable bonds is 9. The Morgan fingerprint density at radius 2 is 1.39 bits per heavy atom. The summed E-state index contributed by atoms with van der Waals surface area (Å²) in [7, 11) is 0. The molecule has 156 valence electrons. The van der Waals surface area contributed by atoms with Gasteiger partial charge in [-0.15, -0.1) is 0 Å². The summed E-state index contributed by atoms with van der Waals surface area (Å²) in [4.78, 5) is 46.7. The molecule has 0 rings (SSSR count). The minimum atomic E-state index is -1.39. The molecule has 9 N–H and O–H groups in total. The number of carbonyl (C=O) groups excluding carboxylic acids is 5. The number of nitrogens with two attached hydrogens (primary N) is 1. The van der Waals surface area contributed by atoms with Crippen LogP contribution >= 0.6 is 23.5 Å². The Labute approximate surface area is 257 Å². The van der Waals surface area contributed by atoms with Crippen LogP contribution in [0.4, 0.5) is 4.79 Å². The normalized spacial score (nSPS) is 9.68. The summed E-state index contributed by atoms with van der Waals surface area (Å²) < 4.78 is 0. The minimum Gasteiger partial charge on any atom is -0.548 e. The standard InChI is InChI=1S/C6H12N2O3S.C5H10O3S.CO2.2K.H3N.H2O/c1-12-3-2-4(5(9)10)8-6(7)11;1-9-3-2-4(6)5(7)8;2-1-3;;;;/h4H,2-3H2,1H3,(H,9,10)(H3,7,8,11);4,6H,2-3H2,1H3,(H,7,8);;;;1H3;1H2/q;;;2*+1;;/p-2. The monoisotopic (exact) mass is 497 g/mol. The van der Waals surface area contributed by atoms with Crippen LogP contribution in [0.25, 0.3) is 0 Å². The van der Waals surface area contributed by atoms with Crippen LogP contribution in [0, 0.1) is 0 Å². The number of nitrogens with one attached hydrogen (secondary N) is 1. The van der Waals surface area contributed by atoms with E-state index in [9.17, 15) is 24.6 Å².